The number of amides is 11. The fraction of sp³-hybridized carbons (Fsp3) is 0.735. The SMILES string of the molecule is CC1(C)CC(=O)C(C(CCCCC(=O)NCCCC[C@H](NC(=O)CCC(=O)NCCCCCC(=O)ON2C(=O)CCC2=O)C(=O)NCCCOCCOCCOCCCNC(=O)CCCC[C@@H]2SC[C@@H]3NC(=O)N[C@@H]32)=NCCOCCOCCOCCOCCC(=O)NCCCOCCOCCOCCCNC(=O)c2nnn(-c3ccccc3)n2)=C(O)C1. The lowest BCUT2D eigenvalue weighted by Crippen LogP contribution is -2.47. The van der Waals surface area contributed by atoms with E-state index in [4.69, 9.17) is 57.2 Å². The zero-order valence-electron chi connectivity index (χ0n) is 71.8. The third-order valence-corrected chi connectivity index (χ3v) is 21.2. The van der Waals surface area contributed by atoms with E-state index in [1.54, 1.807) is 0 Å². The van der Waals surface area contributed by atoms with Crippen LogP contribution in [0.2, 0.25) is 0 Å². The predicted octanol–water partition coefficient (Wildman–Crippen LogP) is 3.62. The van der Waals surface area contributed by atoms with Crippen LogP contribution in [-0.4, -0.2) is 314 Å². The number of Topliss-reactive ketones (excluding diaryl/α,β-unsaturated/α-hetero) is 1. The quantitative estimate of drug-likeness (QED) is 0.0196. The minimum absolute atomic E-state index is 0.000252. The van der Waals surface area contributed by atoms with Crippen LogP contribution in [0.4, 0.5) is 4.79 Å². The number of tetrazole rings is 1. The monoisotopic (exact) mass is 1760 g/mol. The number of carbonyl (C=O) groups is 12. The summed E-state index contributed by atoms with van der Waals surface area (Å²) in [7, 11) is 0. The van der Waals surface area contributed by atoms with Crippen molar-refractivity contribution in [3.05, 3.63) is 47.5 Å². The number of carbonyl (C=O) groups excluding carboxylic acids is 12. The first-order valence-corrected chi connectivity index (χ1v) is 44.6. The fourth-order valence-electron chi connectivity index (χ4n) is 13.2. The van der Waals surface area contributed by atoms with E-state index in [1.165, 1.54) is 4.80 Å². The smallest absolute Gasteiger partial charge is 0.333 e. The first-order valence-electron chi connectivity index (χ1n) is 43.5. The summed E-state index contributed by atoms with van der Waals surface area (Å²) in [6, 6.07) is 8.53. The van der Waals surface area contributed by atoms with Crippen LogP contribution >= 0.6 is 11.8 Å². The van der Waals surface area contributed by atoms with Gasteiger partial charge >= 0.3 is 12.0 Å². The second-order valence-electron chi connectivity index (χ2n) is 30.6. The van der Waals surface area contributed by atoms with E-state index in [2.05, 4.69) is 63.3 Å². The first-order chi connectivity index (χ1) is 59.7. The van der Waals surface area contributed by atoms with Crippen molar-refractivity contribution in [3.8, 4) is 5.69 Å². The number of hydroxylamine groups is 2. The molecule has 690 valence electrons. The number of ether oxygens (including phenoxy) is 10. The average molecular weight is 1760 g/mol. The maximum atomic E-state index is 13.6. The molecule has 11 amide bonds. The number of fused-ring (bicyclic) bond motifs is 1. The van der Waals surface area contributed by atoms with Crippen LogP contribution in [0.1, 0.15) is 191 Å². The standard InChI is InChI=1S/C83H133N15O24S/c1-83(2)59-66(99)77(67(100)60-83)63(84-38-44-117-50-56-121-58-57-120-55-49-116-43-31-72(104)88-35-16-40-113-46-52-119-54-48-115-42-18-37-90-81(110)79-94-96-98(95-79)62-19-5-3-6-20-62)21-8-10-24-69(101)85-33-14-12-22-64(91-73(105)28-27-71(103)86-32-13-4-7-26-76(108)122-97-74(106)29-30-75(97)107)80(109)89-36-17-41-114-47-53-118-51-45-112-39-15-34-87-70(102)25-11-9-23-68-78-65(61-123-68)92-82(111)93-78/h3,5-6,19-20,64-65,68,78,99H,4,7-18,21-61H2,1-2H3,(H,85,101)(H,86,103)(H,87,102)(H,88,104)(H,89,109)(H,90,110)(H,91,105)(H2,92,93,111)/t64-,65-,68-,78-/m0/s1. The van der Waals surface area contributed by atoms with Gasteiger partial charge in [0.25, 0.3) is 23.5 Å². The molecule has 0 radical (unpaired) electrons. The van der Waals surface area contributed by atoms with Gasteiger partial charge in [-0.1, -0.05) is 44.9 Å². The highest BCUT2D eigenvalue weighted by Gasteiger charge is 2.43. The number of nitrogens with one attached hydrogen (secondary N) is 9. The number of rotatable bonds is 73. The zero-order valence-corrected chi connectivity index (χ0v) is 72.6. The highest BCUT2D eigenvalue weighted by molar-refractivity contribution is 8.00. The zero-order chi connectivity index (χ0) is 88.2. The molecule has 0 spiro atoms. The molecular formula is C83H133N15O24S. The second kappa shape index (κ2) is 63.2. The van der Waals surface area contributed by atoms with Gasteiger partial charge in [0.05, 0.1) is 136 Å². The molecule has 6 rings (SSSR count). The molecule has 1 aliphatic carbocycles. The van der Waals surface area contributed by atoms with Crippen LogP contribution in [-0.2, 0) is 100 Å². The summed E-state index contributed by atoms with van der Waals surface area (Å²) >= 11 is 1.87. The second-order valence-corrected chi connectivity index (χ2v) is 31.9. The normalized spacial score (nSPS) is 16.4. The molecule has 3 fully saturated rings. The Morgan fingerprint density at radius 2 is 0.992 bits per heavy atom. The largest absolute Gasteiger partial charge is 0.511 e. The Balaban J connectivity index is 0.752. The first kappa shape index (κ1) is 103. The predicted molar refractivity (Wildman–Crippen MR) is 451 cm³/mol. The summed E-state index contributed by atoms with van der Waals surface area (Å²) in [6.45, 7) is 13.5. The number of unbranched alkanes of at least 4 members (excludes halogenated alkanes) is 5. The molecule has 1 aromatic carbocycles. The Bertz CT molecular complexity index is 3550. The summed E-state index contributed by atoms with van der Waals surface area (Å²) in [5.41, 5.74) is 0.993. The molecule has 2 aromatic rings. The van der Waals surface area contributed by atoms with Crippen LogP contribution in [0.3, 0.4) is 0 Å². The van der Waals surface area contributed by atoms with Crippen molar-refractivity contribution in [3.63, 3.8) is 0 Å². The van der Waals surface area contributed by atoms with Gasteiger partial charge in [-0.2, -0.15) is 11.8 Å². The molecule has 0 bridgehead atoms. The Morgan fingerprint density at radius 1 is 0.512 bits per heavy atom. The number of aliphatic hydroxyl groups is 1. The third-order valence-electron chi connectivity index (χ3n) is 19.7. The number of allylic oxidation sites excluding steroid dienone is 2. The Labute approximate surface area is 724 Å². The van der Waals surface area contributed by atoms with Gasteiger partial charge in [0.1, 0.15) is 11.8 Å². The highest BCUT2D eigenvalue weighted by atomic mass is 32.2. The molecule has 40 heteroatoms. The van der Waals surface area contributed by atoms with E-state index in [1.807, 2.05) is 55.9 Å². The molecule has 3 saturated heterocycles. The van der Waals surface area contributed by atoms with Crippen molar-refractivity contribution < 1.29 is 115 Å². The fourth-order valence-corrected chi connectivity index (χ4v) is 14.7. The number of benzene rings is 1. The molecule has 4 aliphatic rings. The molecule has 4 heterocycles. The summed E-state index contributed by atoms with van der Waals surface area (Å²) in [4.78, 5) is 161. The molecular weight excluding hydrogens is 1620 g/mol. The molecule has 3 aliphatic heterocycles. The third kappa shape index (κ3) is 46.2. The van der Waals surface area contributed by atoms with Gasteiger partial charge in [-0.3, -0.25) is 52.9 Å². The number of hydrogen-bond acceptors (Lipinski definition) is 29. The van der Waals surface area contributed by atoms with Gasteiger partial charge in [0.15, 0.2) is 5.78 Å². The van der Waals surface area contributed by atoms with Crippen molar-refractivity contribution >= 4 is 88.4 Å². The van der Waals surface area contributed by atoms with E-state index in [9.17, 15) is 62.6 Å². The molecule has 0 saturated carbocycles. The minimum atomic E-state index is -0.932. The van der Waals surface area contributed by atoms with Crippen LogP contribution in [0.25, 0.3) is 5.69 Å². The Morgan fingerprint density at radius 3 is 1.57 bits per heavy atom. The maximum Gasteiger partial charge on any atom is 0.333 e. The number of aliphatic imine (C=N–C) groups is 1. The maximum absolute atomic E-state index is 13.6. The number of aliphatic hydroxyl groups excluding tert-OH is 1. The van der Waals surface area contributed by atoms with Crippen LogP contribution in [0, 0.1) is 5.41 Å². The molecule has 10 N–H and O–H groups in total. The lowest BCUT2D eigenvalue weighted by molar-refractivity contribution is -0.197. The Kier molecular flexibility index (Phi) is 53.0. The molecule has 1 aromatic heterocycles. The molecule has 123 heavy (non-hydrogen) atoms. The lowest BCUT2D eigenvalue weighted by Gasteiger charge is -2.30. The van der Waals surface area contributed by atoms with Gasteiger partial charge in [-0.15, -0.1) is 20.1 Å². The summed E-state index contributed by atoms with van der Waals surface area (Å²) < 4.78 is 56.2. The van der Waals surface area contributed by atoms with Gasteiger partial charge in [0, 0.05) is 147 Å². The summed E-state index contributed by atoms with van der Waals surface area (Å²) in [5.74, 6) is -3.09. The van der Waals surface area contributed by atoms with Gasteiger partial charge in [-0.25, -0.2) is 9.59 Å². The molecule has 0 unspecified atom stereocenters. The van der Waals surface area contributed by atoms with E-state index < -0.39 is 47.0 Å². The number of thioether (sulfide) groups is 1. The van der Waals surface area contributed by atoms with Gasteiger partial charge < -0.3 is 105 Å². The lowest BCUT2D eigenvalue weighted by atomic mass is 9.75. The van der Waals surface area contributed by atoms with E-state index in [0.29, 0.717) is 257 Å². The van der Waals surface area contributed by atoms with Crippen LogP contribution < -0.4 is 47.9 Å². The van der Waals surface area contributed by atoms with E-state index >= 15 is 0 Å². The number of hydrogen-bond donors (Lipinski definition) is 10. The van der Waals surface area contributed by atoms with Crippen molar-refractivity contribution in [2.24, 2.45) is 10.4 Å². The average Bonchev–Trinajstić information content (AvgIpc) is 1.60. The molecule has 4 atom stereocenters. The van der Waals surface area contributed by atoms with Crippen LogP contribution in [0.5, 0.6) is 0 Å². The van der Waals surface area contributed by atoms with E-state index in [0.717, 1.165) is 25.0 Å². The number of ketones is 1. The number of aromatic nitrogens is 4. The van der Waals surface area contributed by atoms with Gasteiger partial charge in [0.2, 0.25) is 35.4 Å². The highest BCUT2D eigenvalue weighted by Crippen LogP contribution is 2.37. The summed E-state index contributed by atoms with van der Waals surface area (Å²) in [6.07, 6.45) is 10.2. The summed E-state index contributed by atoms with van der Waals surface area (Å²) in [5, 5.41) is 49.7. The molecule has 39 nitrogen and oxygen atoms in total. The Hall–Kier alpha value is -8.71. The number of nitrogens with zero attached hydrogens (tertiary/aromatic N) is 6. The van der Waals surface area contributed by atoms with Crippen molar-refractivity contribution in [2.45, 2.75) is 204 Å². The number of para-hydroxylation sites is 1. The van der Waals surface area contributed by atoms with Crippen molar-refractivity contribution in [1.29, 1.82) is 0 Å². The van der Waals surface area contributed by atoms with Crippen LogP contribution in [0.15, 0.2) is 46.7 Å². The van der Waals surface area contributed by atoms with Crippen molar-refractivity contribution in [2.75, 3.05) is 184 Å². The van der Waals surface area contributed by atoms with Gasteiger partial charge in [-0.05, 0) is 113 Å². The van der Waals surface area contributed by atoms with E-state index in [-0.39, 0.29) is 155 Å². The number of imide groups is 1. The topological polar surface area (TPSA) is 494 Å². The number of urea groups is 1. The minimum Gasteiger partial charge on any atom is -0.511 e. The van der Waals surface area contributed by atoms with Crippen molar-refractivity contribution in [1.82, 2.24) is 73.1 Å².